The van der Waals surface area contributed by atoms with Gasteiger partial charge < -0.3 is 9.84 Å². The van der Waals surface area contributed by atoms with Crippen LogP contribution in [-0.4, -0.2) is 22.2 Å². The number of hydrogen-bond donors (Lipinski definition) is 1. The molecule has 0 bridgehead atoms. The number of carbonyl (C=O) groups is 1. The molecule has 176 valence electrons. The van der Waals surface area contributed by atoms with E-state index in [0.717, 1.165) is 22.4 Å². The van der Waals surface area contributed by atoms with E-state index < -0.39 is 12.1 Å². The number of rotatable bonds is 4. The maximum Gasteiger partial charge on any atom is 0.490 e. The van der Waals surface area contributed by atoms with Gasteiger partial charge in [-0.25, -0.2) is 4.79 Å². The molecule has 1 N–H and O–H groups in total. The SMILES string of the molecule is N#Cc1c(-c2ccc(Oc3ccccc3)cc2)ncc(-c2ccccc2)c1Cl.O=C(O)C(F)(F)F. The Labute approximate surface area is 203 Å². The second-order valence-corrected chi connectivity index (χ2v) is 7.31. The number of nitriles is 1. The first-order chi connectivity index (χ1) is 16.7. The highest BCUT2D eigenvalue weighted by Gasteiger charge is 2.38. The third-order valence-corrected chi connectivity index (χ3v) is 4.95. The Morgan fingerprint density at radius 2 is 1.40 bits per heavy atom. The van der Waals surface area contributed by atoms with Crippen LogP contribution in [0.25, 0.3) is 22.4 Å². The molecule has 3 aromatic carbocycles. The maximum atomic E-state index is 10.6. The van der Waals surface area contributed by atoms with Crippen LogP contribution >= 0.6 is 11.6 Å². The summed E-state index contributed by atoms with van der Waals surface area (Å²) >= 11 is 6.55. The van der Waals surface area contributed by atoms with E-state index in [4.69, 9.17) is 26.2 Å². The zero-order valence-electron chi connectivity index (χ0n) is 17.8. The summed E-state index contributed by atoms with van der Waals surface area (Å²) in [6, 6.07) is 28.9. The number of aliphatic carboxylic acids is 1. The lowest BCUT2D eigenvalue weighted by molar-refractivity contribution is -0.192. The smallest absolute Gasteiger partial charge is 0.475 e. The largest absolute Gasteiger partial charge is 0.490 e. The predicted molar refractivity (Wildman–Crippen MR) is 125 cm³/mol. The number of hydrogen-bond acceptors (Lipinski definition) is 4. The van der Waals surface area contributed by atoms with Crippen molar-refractivity contribution in [3.05, 3.63) is 102 Å². The van der Waals surface area contributed by atoms with Crippen LogP contribution in [0.4, 0.5) is 13.2 Å². The third-order valence-electron chi connectivity index (χ3n) is 4.56. The van der Waals surface area contributed by atoms with Gasteiger partial charge in [0.05, 0.1) is 16.3 Å². The van der Waals surface area contributed by atoms with Crippen LogP contribution < -0.4 is 4.74 Å². The van der Waals surface area contributed by atoms with Crippen molar-refractivity contribution in [3.8, 4) is 40.0 Å². The van der Waals surface area contributed by atoms with Crippen molar-refractivity contribution in [1.29, 1.82) is 5.26 Å². The number of carboxylic acids is 1. The van der Waals surface area contributed by atoms with Crippen molar-refractivity contribution in [2.75, 3.05) is 0 Å². The van der Waals surface area contributed by atoms with Crippen molar-refractivity contribution in [2.24, 2.45) is 0 Å². The highest BCUT2D eigenvalue weighted by molar-refractivity contribution is 6.34. The van der Waals surface area contributed by atoms with Gasteiger partial charge in [-0.15, -0.1) is 0 Å². The fourth-order valence-corrected chi connectivity index (χ4v) is 3.22. The van der Waals surface area contributed by atoms with Crippen LogP contribution in [0.1, 0.15) is 5.56 Å². The Morgan fingerprint density at radius 3 is 1.91 bits per heavy atom. The van der Waals surface area contributed by atoms with Crippen LogP contribution in [0.15, 0.2) is 91.1 Å². The summed E-state index contributed by atoms with van der Waals surface area (Å²) in [5.74, 6) is -1.28. The highest BCUT2D eigenvalue weighted by Crippen LogP contribution is 2.35. The summed E-state index contributed by atoms with van der Waals surface area (Å²) in [7, 11) is 0. The molecule has 0 unspecified atom stereocenters. The molecule has 0 atom stereocenters. The van der Waals surface area contributed by atoms with Crippen LogP contribution in [0.5, 0.6) is 11.5 Å². The van der Waals surface area contributed by atoms with Gasteiger partial charge in [0.25, 0.3) is 0 Å². The lowest BCUT2D eigenvalue weighted by Crippen LogP contribution is -2.21. The Morgan fingerprint density at radius 1 is 0.886 bits per heavy atom. The van der Waals surface area contributed by atoms with E-state index in [-0.39, 0.29) is 0 Å². The van der Waals surface area contributed by atoms with Gasteiger partial charge in [-0.1, -0.05) is 60.1 Å². The van der Waals surface area contributed by atoms with E-state index in [0.29, 0.717) is 22.0 Å². The summed E-state index contributed by atoms with van der Waals surface area (Å²) in [4.78, 5) is 13.4. The van der Waals surface area contributed by atoms with Gasteiger partial charge >= 0.3 is 12.1 Å². The summed E-state index contributed by atoms with van der Waals surface area (Å²) in [6.07, 6.45) is -3.37. The molecule has 4 aromatic rings. The maximum absolute atomic E-state index is 10.6. The lowest BCUT2D eigenvalue weighted by Gasteiger charge is -2.11. The van der Waals surface area contributed by atoms with E-state index in [2.05, 4.69) is 11.1 Å². The minimum atomic E-state index is -5.08. The van der Waals surface area contributed by atoms with Crippen LogP contribution in [0.2, 0.25) is 5.02 Å². The van der Waals surface area contributed by atoms with E-state index in [1.54, 1.807) is 6.20 Å². The van der Waals surface area contributed by atoms with Gasteiger partial charge in [-0.3, -0.25) is 4.98 Å². The second kappa shape index (κ2) is 11.2. The van der Waals surface area contributed by atoms with Gasteiger partial charge in [0.1, 0.15) is 17.6 Å². The second-order valence-electron chi connectivity index (χ2n) is 6.93. The molecular weight excluding hydrogens is 481 g/mol. The van der Waals surface area contributed by atoms with Gasteiger partial charge in [0, 0.05) is 17.3 Å². The molecule has 1 heterocycles. The number of alkyl halides is 3. The van der Waals surface area contributed by atoms with E-state index in [1.165, 1.54) is 0 Å². The molecule has 0 saturated heterocycles. The van der Waals surface area contributed by atoms with Crippen molar-refractivity contribution in [1.82, 2.24) is 4.98 Å². The number of ether oxygens (including phenoxy) is 1. The fourth-order valence-electron chi connectivity index (χ4n) is 2.93. The molecule has 0 spiro atoms. The first-order valence-electron chi connectivity index (χ1n) is 9.98. The molecule has 1 aromatic heterocycles. The molecule has 0 fully saturated rings. The average molecular weight is 497 g/mol. The summed E-state index contributed by atoms with van der Waals surface area (Å²) in [5.41, 5.74) is 3.39. The molecule has 0 saturated carbocycles. The Balaban J connectivity index is 0.000000429. The van der Waals surface area contributed by atoms with Gasteiger partial charge in [0.2, 0.25) is 0 Å². The zero-order chi connectivity index (χ0) is 25.4. The van der Waals surface area contributed by atoms with Crippen LogP contribution in [0, 0.1) is 11.3 Å². The normalized spacial score (nSPS) is 10.5. The number of benzene rings is 3. The zero-order valence-corrected chi connectivity index (χ0v) is 18.6. The molecule has 5 nitrogen and oxygen atoms in total. The first-order valence-corrected chi connectivity index (χ1v) is 10.4. The first kappa shape index (κ1) is 25.3. The molecule has 9 heteroatoms. The average Bonchev–Trinajstić information content (AvgIpc) is 2.85. The fraction of sp³-hybridized carbons (Fsp3) is 0.0385. The molecule has 0 aliphatic heterocycles. The van der Waals surface area contributed by atoms with E-state index in [9.17, 15) is 18.4 Å². The number of para-hydroxylation sites is 1. The Hall–Kier alpha value is -4.35. The molecule has 35 heavy (non-hydrogen) atoms. The topological polar surface area (TPSA) is 83.2 Å². The molecule has 0 radical (unpaired) electrons. The number of pyridine rings is 1. The van der Waals surface area contributed by atoms with Crippen molar-refractivity contribution >= 4 is 17.6 Å². The van der Waals surface area contributed by atoms with Crippen molar-refractivity contribution < 1.29 is 27.8 Å². The number of halogens is 4. The number of carboxylic acid groups (broad SMARTS) is 1. The van der Waals surface area contributed by atoms with Gasteiger partial charge in [0.15, 0.2) is 0 Å². The third kappa shape index (κ3) is 6.59. The molecule has 0 aliphatic rings. The minimum Gasteiger partial charge on any atom is -0.475 e. The standard InChI is InChI=1S/C24H15ClN2O.C2HF3O2/c25-23-21(15-26)24(27-16-22(23)17-7-3-1-4-8-17)18-11-13-20(14-12-18)28-19-9-5-2-6-10-19;3-2(4,5)1(6)7/h1-14,16H;(H,6,7). The molecule has 0 amide bonds. The summed E-state index contributed by atoms with van der Waals surface area (Å²) in [5, 5.41) is 17.2. The van der Waals surface area contributed by atoms with Gasteiger partial charge in [-0.05, 0) is 42.0 Å². The van der Waals surface area contributed by atoms with Crippen molar-refractivity contribution in [2.45, 2.75) is 6.18 Å². The minimum absolute atomic E-state index is 0.361. The monoisotopic (exact) mass is 496 g/mol. The number of nitrogens with zero attached hydrogens (tertiary/aromatic N) is 2. The Kier molecular flexibility index (Phi) is 8.08. The van der Waals surface area contributed by atoms with E-state index in [1.807, 2.05) is 84.9 Å². The molecule has 0 aliphatic carbocycles. The molecule has 4 rings (SSSR count). The van der Waals surface area contributed by atoms with Crippen molar-refractivity contribution in [3.63, 3.8) is 0 Å². The highest BCUT2D eigenvalue weighted by atomic mass is 35.5. The van der Waals surface area contributed by atoms with E-state index >= 15 is 0 Å². The predicted octanol–water partition coefficient (Wildman–Crippen LogP) is 7.37. The lowest BCUT2D eigenvalue weighted by atomic mass is 10.0. The summed E-state index contributed by atoms with van der Waals surface area (Å²) < 4.78 is 37.6. The molecular formula is C26H16ClF3N2O3. The van der Waals surface area contributed by atoms with Crippen LogP contribution in [-0.2, 0) is 4.79 Å². The summed E-state index contributed by atoms with van der Waals surface area (Å²) in [6.45, 7) is 0. The van der Waals surface area contributed by atoms with Gasteiger partial charge in [-0.2, -0.15) is 18.4 Å². The number of aromatic nitrogens is 1. The van der Waals surface area contributed by atoms with Crippen LogP contribution in [0.3, 0.4) is 0 Å². The quantitative estimate of drug-likeness (QED) is 0.319. The Bertz CT molecular complexity index is 1340.